The van der Waals surface area contributed by atoms with Gasteiger partial charge in [-0.25, -0.2) is 0 Å². The first kappa shape index (κ1) is 12.7. The molecule has 0 aromatic heterocycles. The van der Waals surface area contributed by atoms with E-state index in [0.29, 0.717) is 5.71 Å². The van der Waals surface area contributed by atoms with Crippen molar-refractivity contribution in [3.63, 3.8) is 0 Å². The predicted octanol–water partition coefficient (Wildman–Crippen LogP) is 0.807. The summed E-state index contributed by atoms with van der Waals surface area (Å²) in [6, 6.07) is 9.36. The lowest BCUT2D eigenvalue weighted by Gasteiger charge is -2.10. The van der Waals surface area contributed by atoms with Crippen molar-refractivity contribution >= 4 is 15.9 Å². The van der Waals surface area contributed by atoms with Gasteiger partial charge in [-0.3, -0.25) is 0 Å². The average Bonchev–Trinajstić information content (AvgIpc) is 2.27. The SMILES string of the molecule is CC(=NNS(=O)(=O)N(C)C)c1ccccc1. The van der Waals surface area contributed by atoms with E-state index in [-0.39, 0.29) is 0 Å². The smallest absolute Gasteiger partial charge is 0.191 e. The molecule has 0 amide bonds. The monoisotopic (exact) mass is 241 g/mol. The van der Waals surface area contributed by atoms with Crippen LogP contribution in [0.25, 0.3) is 0 Å². The fourth-order valence-electron chi connectivity index (χ4n) is 0.952. The average molecular weight is 241 g/mol. The van der Waals surface area contributed by atoms with E-state index in [4.69, 9.17) is 0 Å². The van der Waals surface area contributed by atoms with Crippen LogP contribution in [0.5, 0.6) is 0 Å². The first-order valence-electron chi connectivity index (χ1n) is 4.72. The summed E-state index contributed by atoms with van der Waals surface area (Å²) >= 11 is 0. The molecule has 0 atom stereocenters. The Kier molecular flexibility index (Phi) is 4.03. The van der Waals surface area contributed by atoms with Crippen molar-refractivity contribution in [2.24, 2.45) is 5.10 Å². The maximum atomic E-state index is 11.4. The minimum atomic E-state index is -3.51. The van der Waals surface area contributed by atoms with E-state index < -0.39 is 10.2 Å². The van der Waals surface area contributed by atoms with Crippen LogP contribution < -0.4 is 4.83 Å². The van der Waals surface area contributed by atoms with E-state index in [1.165, 1.54) is 14.1 Å². The molecule has 6 heteroatoms. The van der Waals surface area contributed by atoms with Crippen LogP contribution in [0.15, 0.2) is 35.4 Å². The molecule has 16 heavy (non-hydrogen) atoms. The Labute approximate surface area is 96.0 Å². The highest BCUT2D eigenvalue weighted by Crippen LogP contribution is 2.00. The van der Waals surface area contributed by atoms with E-state index in [9.17, 15) is 8.42 Å². The van der Waals surface area contributed by atoms with E-state index >= 15 is 0 Å². The van der Waals surface area contributed by atoms with Gasteiger partial charge in [-0.1, -0.05) is 30.3 Å². The molecule has 1 aromatic rings. The molecule has 1 rings (SSSR count). The molecule has 88 valence electrons. The molecule has 0 saturated heterocycles. The Balaban J connectivity index is 2.81. The second-order valence-corrected chi connectivity index (χ2v) is 5.30. The first-order chi connectivity index (χ1) is 7.43. The van der Waals surface area contributed by atoms with Crippen molar-refractivity contribution < 1.29 is 8.42 Å². The number of nitrogens with one attached hydrogen (secondary N) is 1. The van der Waals surface area contributed by atoms with Crippen LogP contribution in [-0.2, 0) is 10.2 Å². The topological polar surface area (TPSA) is 61.8 Å². The lowest BCUT2D eigenvalue weighted by Crippen LogP contribution is -2.33. The summed E-state index contributed by atoms with van der Waals surface area (Å²) in [5, 5.41) is 3.82. The Bertz CT molecular complexity index is 466. The zero-order valence-corrected chi connectivity index (χ0v) is 10.3. The lowest BCUT2D eigenvalue weighted by molar-refractivity contribution is 0.508. The van der Waals surface area contributed by atoms with Crippen LogP contribution in [0, 0.1) is 0 Å². The molecule has 0 radical (unpaired) electrons. The standard InChI is InChI=1S/C10H15N3O2S/c1-9(10-7-5-4-6-8-10)11-12-16(14,15)13(2)3/h4-8,12H,1-3H3. The van der Waals surface area contributed by atoms with Gasteiger partial charge in [-0.15, -0.1) is 0 Å². The molecule has 0 bridgehead atoms. The summed E-state index contributed by atoms with van der Waals surface area (Å²) in [6.07, 6.45) is 0. The van der Waals surface area contributed by atoms with Gasteiger partial charge in [0.25, 0.3) is 0 Å². The van der Waals surface area contributed by atoms with Gasteiger partial charge < -0.3 is 0 Å². The highest BCUT2D eigenvalue weighted by molar-refractivity contribution is 7.87. The second-order valence-electron chi connectivity index (χ2n) is 3.44. The van der Waals surface area contributed by atoms with Crippen molar-refractivity contribution in [1.82, 2.24) is 9.14 Å². The van der Waals surface area contributed by atoms with Crippen molar-refractivity contribution in [3.05, 3.63) is 35.9 Å². The molecule has 0 saturated carbocycles. The minimum absolute atomic E-state index is 0.617. The quantitative estimate of drug-likeness (QED) is 0.626. The Morgan fingerprint density at radius 2 is 1.81 bits per heavy atom. The summed E-state index contributed by atoms with van der Waals surface area (Å²) in [5.74, 6) is 0. The highest BCUT2D eigenvalue weighted by atomic mass is 32.2. The first-order valence-corrected chi connectivity index (χ1v) is 6.16. The molecule has 0 spiro atoms. The van der Waals surface area contributed by atoms with Crippen LogP contribution in [0.3, 0.4) is 0 Å². The number of hydrogen-bond acceptors (Lipinski definition) is 3. The number of nitrogens with zero attached hydrogens (tertiary/aromatic N) is 2. The molecule has 0 fully saturated rings. The molecule has 1 N–H and O–H groups in total. The molecule has 0 heterocycles. The third-order valence-electron chi connectivity index (χ3n) is 2.00. The maximum Gasteiger partial charge on any atom is 0.316 e. The molecule has 5 nitrogen and oxygen atoms in total. The van der Waals surface area contributed by atoms with Gasteiger partial charge in [0.05, 0.1) is 5.71 Å². The minimum Gasteiger partial charge on any atom is -0.191 e. The van der Waals surface area contributed by atoms with Gasteiger partial charge in [0, 0.05) is 14.1 Å². The van der Waals surface area contributed by atoms with Gasteiger partial charge in [0.1, 0.15) is 0 Å². The van der Waals surface area contributed by atoms with E-state index in [2.05, 4.69) is 9.93 Å². The molecule has 0 aliphatic rings. The summed E-state index contributed by atoms with van der Waals surface area (Å²) in [5.41, 5.74) is 1.50. The van der Waals surface area contributed by atoms with Crippen molar-refractivity contribution in [2.45, 2.75) is 6.92 Å². The van der Waals surface area contributed by atoms with Crippen LogP contribution in [-0.4, -0.2) is 32.5 Å². The summed E-state index contributed by atoms with van der Waals surface area (Å²) in [6.45, 7) is 1.74. The molecular formula is C10H15N3O2S. The van der Waals surface area contributed by atoms with Gasteiger partial charge in [-0.2, -0.15) is 22.7 Å². The van der Waals surface area contributed by atoms with Crippen LogP contribution in [0.2, 0.25) is 0 Å². The van der Waals surface area contributed by atoms with Gasteiger partial charge >= 0.3 is 10.2 Å². The molecule has 0 aliphatic carbocycles. The Morgan fingerprint density at radius 3 is 2.31 bits per heavy atom. The predicted molar refractivity (Wildman–Crippen MR) is 64.4 cm³/mol. The normalized spacial score (nSPS) is 12.9. The highest BCUT2D eigenvalue weighted by Gasteiger charge is 2.10. The van der Waals surface area contributed by atoms with E-state index in [0.717, 1.165) is 9.87 Å². The third kappa shape index (κ3) is 3.32. The fraction of sp³-hybridized carbons (Fsp3) is 0.300. The lowest BCUT2D eigenvalue weighted by atomic mass is 10.1. The Hall–Kier alpha value is -1.40. The number of hydrogen-bond donors (Lipinski definition) is 1. The van der Waals surface area contributed by atoms with Gasteiger partial charge in [-0.05, 0) is 12.5 Å². The van der Waals surface area contributed by atoms with Crippen molar-refractivity contribution in [3.8, 4) is 0 Å². The third-order valence-corrected chi connectivity index (χ3v) is 3.28. The van der Waals surface area contributed by atoms with Crippen LogP contribution in [0.1, 0.15) is 12.5 Å². The fourth-order valence-corrected chi connectivity index (χ4v) is 1.37. The zero-order chi connectivity index (χ0) is 12.2. The molecule has 0 aliphatic heterocycles. The number of hydrazone groups is 1. The molecule has 0 unspecified atom stereocenters. The van der Waals surface area contributed by atoms with Crippen LogP contribution in [0.4, 0.5) is 0 Å². The number of rotatable bonds is 4. The molecular weight excluding hydrogens is 226 g/mol. The van der Waals surface area contributed by atoms with Gasteiger partial charge in [0.2, 0.25) is 0 Å². The van der Waals surface area contributed by atoms with Crippen LogP contribution >= 0.6 is 0 Å². The van der Waals surface area contributed by atoms with Crippen molar-refractivity contribution in [1.29, 1.82) is 0 Å². The summed E-state index contributed by atoms with van der Waals surface area (Å²) < 4.78 is 23.8. The maximum absolute atomic E-state index is 11.4. The zero-order valence-electron chi connectivity index (χ0n) is 9.51. The number of benzene rings is 1. The molecule has 1 aromatic carbocycles. The largest absolute Gasteiger partial charge is 0.316 e. The summed E-state index contributed by atoms with van der Waals surface area (Å²) in [4.78, 5) is 2.14. The van der Waals surface area contributed by atoms with Gasteiger partial charge in [0.15, 0.2) is 0 Å². The second kappa shape index (κ2) is 5.09. The van der Waals surface area contributed by atoms with E-state index in [1.54, 1.807) is 6.92 Å². The Morgan fingerprint density at radius 1 is 1.25 bits per heavy atom. The van der Waals surface area contributed by atoms with Crippen molar-refractivity contribution in [2.75, 3.05) is 14.1 Å². The van der Waals surface area contributed by atoms with E-state index in [1.807, 2.05) is 30.3 Å². The summed E-state index contributed by atoms with van der Waals surface area (Å²) in [7, 11) is -0.625.